The van der Waals surface area contributed by atoms with E-state index in [1.165, 1.54) is 0 Å². The van der Waals surface area contributed by atoms with Crippen LogP contribution in [0.1, 0.15) is 49.8 Å². The molecule has 2 rings (SSSR count). The maximum absolute atomic E-state index is 10.5. The van der Waals surface area contributed by atoms with E-state index in [-0.39, 0.29) is 12.6 Å². The fraction of sp³-hybridized carbons (Fsp3) is 0.364. The largest absolute Gasteiger partial charge is 0.505 e. The highest BCUT2D eigenvalue weighted by Crippen LogP contribution is 2.23. The van der Waals surface area contributed by atoms with Gasteiger partial charge in [0.1, 0.15) is 5.75 Å². The molecule has 5 heteroatoms. The van der Waals surface area contributed by atoms with Crippen LogP contribution in [0.2, 0.25) is 0 Å². The smallest absolute Gasteiger partial charge is 0.494 e. The third-order valence-electron chi connectivity index (χ3n) is 4.08. The molecule has 144 valence electrons. The van der Waals surface area contributed by atoms with Gasteiger partial charge in [0.2, 0.25) is 0 Å². The monoisotopic (exact) mass is 369 g/mol. The van der Waals surface area contributed by atoms with Crippen molar-refractivity contribution in [3.8, 4) is 5.75 Å². The zero-order chi connectivity index (χ0) is 19.3. The summed E-state index contributed by atoms with van der Waals surface area (Å²) in [6.07, 6.45) is 4.11. The molecule has 0 amide bonds. The van der Waals surface area contributed by atoms with E-state index in [9.17, 15) is 4.79 Å². The molecule has 0 aliphatic rings. The van der Waals surface area contributed by atoms with Crippen LogP contribution in [0.15, 0.2) is 59.6 Å². The molecule has 5 nitrogen and oxygen atoms in total. The molecular weight excluding hydrogens is 342 g/mol. The third kappa shape index (κ3) is 7.94. The molecule has 0 aromatic heterocycles. The summed E-state index contributed by atoms with van der Waals surface area (Å²) >= 11 is 0. The van der Waals surface area contributed by atoms with E-state index in [1.54, 1.807) is 0 Å². The Labute approximate surface area is 160 Å². The third-order valence-corrected chi connectivity index (χ3v) is 4.08. The second kappa shape index (κ2) is 11.7. The van der Waals surface area contributed by atoms with Crippen molar-refractivity contribution in [2.75, 3.05) is 13.2 Å². The second-order valence-electron chi connectivity index (χ2n) is 6.23. The average molecular weight is 369 g/mol. The average Bonchev–Trinajstić information content (AvgIpc) is 2.69. The van der Waals surface area contributed by atoms with E-state index in [2.05, 4.69) is 11.7 Å². The van der Waals surface area contributed by atoms with Gasteiger partial charge in [-0.2, -0.15) is 0 Å². The zero-order valence-corrected chi connectivity index (χ0v) is 15.7. The van der Waals surface area contributed by atoms with Crippen molar-refractivity contribution in [2.24, 2.45) is 4.99 Å². The van der Waals surface area contributed by atoms with Crippen LogP contribution < -0.4 is 4.74 Å². The fourth-order valence-electron chi connectivity index (χ4n) is 2.60. The molecule has 0 saturated carbocycles. The molecule has 0 aliphatic heterocycles. The summed E-state index contributed by atoms with van der Waals surface area (Å²) < 4.78 is 10.3. The Morgan fingerprint density at radius 3 is 2.48 bits per heavy atom. The molecule has 1 N–H and O–H groups in total. The quantitative estimate of drug-likeness (QED) is 0.322. The van der Waals surface area contributed by atoms with Gasteiger partial charge in [0.05, 0.1) is 19.3 Å². The van der Waals surface area contributed by atoms with Gasteiger partial charge in [-0.05, 0) is 54.7 Å². The van der Waals surface area contributed by atoms with Crippen molar-refractivity contribution in [1.82, 2.24) is 0 Å². The minimum atomic E-state index is -1.24. The highest BCUT2D eigenvalue weighted by atomic mass is 16.7. The number of aliphatic imine (C=N–C) groups is 1. The summed E-state index contributed by atoms with van der Waals surface area (Å²) in [5.74, 6) is 0.867. The summed E-state index contributed by atoms with van der Waals surface area (Å²) in [5, 5.41) is 8.58. The van der Waals surface area contributed by atoms with Crippen LogP contribution in [-0.2, 0) is 4.74 Å². The summed E-state index contributed by atoms with van der Waals surface area (Å²) in [6, 6.07) is 17.8. The molecule has 2 aromatic carbocycles. The lowest BCUT2D eigenvalue weighted by molar-refractivity contribution is 0.0897. The summed E-state index contributed by atoms with van der Waals surface area (Å²) in [6.45, 7) is 3.05. The van der Waals surface area contributed by atoms with Gasteiger partial charge in [-0.25, -0.2) is 4.79 Å². The van der Waals surface area contributed by atoms with Gasteiger partial charge in [-0.1, -0.05) is 43.7 Å². The highest BCUT2D eigenvalue weighted by molar-refractivity contribution is 5.80. The van der Waals surface area contributed by atoms with E-state index >= 15 is 0 Å². The lowest BCUT2D eigenvalue weighted by atomic mass is 10.0. The van der Waals surface area contributed by atoms with Crippen molar-refractivity contribution in [1.29, 1.82) is 0 Å². The van der Waals surface area contributed by atoms with E-state index in [0.717, 1.165) is 36.3 Å². The lowest BCUT2D eigenvalue weighted by Gasteiger charge is -2.13. The van der Waals surface area contributed by atoms with Crippen LogP contribution >= 0.6 is 0 Å². The summed E-state index contributed by atoms with van der Waals surface area (Å²) in [7, 11) is 0. The Hall–Kier alpha value is -2.82. The first kappa shape index (κ1) is 20.5. The molecule has 0 saturated heterocycles. The van der Waals surface area contributed by atoms with Gasteiger partial charge in [-0.3, -0.25) is 4.99 Å². The van der Waals surface area contributed by atoms with Gasteiger partial charge in [0.25, 0.3) is 0 Å². The lowest BCUT2D eigenvalue weighted by Crippen LogP contribution is -2.04. The maximum Gasteiger partial charge on any atom is 0.505 e. The van der Waals surface area contributed by atoms with Crippen molar-refractivity contribution < 1.29 is 19.4 Å². The van der Waals surface area contributed by atoms with Crippen LogP contribution in [0.5, 0.6) is 5.75 Å². The number of rotatable bonds is 11. The summed E-state index contributed by atoms with van der Waals surface area (Å²) in [5.41, 5.74) is 2.10. The number of ether oxygens (including phenoxy) is 2. The van der Waals surface area contributed by atoms with E-state index < -0.39 is 6.16 Å². The van der Waals surface area contributed by atoms with Crippen molar-refractivity contribution in [3.63, 3.8) is 0 Å². The second-order valence-corrected chi connectivity index (χ2v) is 6.23. The first-order valence-electron chi connectivity index (χ1n) is 9.35. The minimum Gasteiger partial charge on any atom is -0.494 e. The molecule has 0 aliphatic carbocycles. The molecule has 0 spiro atoms. The molecule has 1 unspecified atom stereocenters. The van der Waals surface area contributed by atoms with Gasteiger partial charge in [0.15, 0.2) is 0 Å². The molecule has 2 aromatic rings. The molecular formula is C22H27NO4. The standard InChI is InChI=1S/C22H27NO4/c1-2-3-15-26-20-13-11-18(12-14-20)17-23-21(10-7-16-27-22(24)25)19-8-5-4-6-9-19/h4-6,8-9,11-14,17,21H,2-3,7,10,15-16H2,1H3,(H,24,25). The number of carbonyl (C=O) groups is 1. The zero-order valence-electron chi connectivity index (χ0n) is 15.7. The van der Waals surface area contributed by atoms with Crippen molar-refractivity contribution in [3.05, 3.63) is 65.7 Å². The number of benzene rings is 2. The number of carboxylic acid groups (broad SMARTS) is 1. The normalized spacial score (nSPS) is 12.0. The Kier molecular flexibility index (Phi) is 8.90. The highest BCUT2D eigenvalue weighted by Gasteiger charge is 2.09. The predicted molar refractivity (Wildman–Crippen MR) is 107 cm³/mol. The summed E-state index contributed by atoms with van der Waals surface area (Å²) in [4.78, 5) is 15.2. The predicted octanol–water partition coefficient (Wildman–Crippen LogP) is 5.50. The molecule has 0 heterocycles. The minimum absolute atomic E-state index is 0.0379. The Bertz CT molecular complexity index is 698. The van der Waals surface area contributed by atoms with Gasteiger partial charge >= 0.3 is 6.16 Å². The first-order chi connectivity index (χ1) is 13.2. The van der Waals surface area contributed by atoms with Crippen LogP contribution in [0.25, 0.3) is 0 Å². The number of hydrogen-bond donors (Lipinski definition) is 1. The van der Waals surface area contributed by atoms with Crippen LogP contribution in [0.4, 0.5) is 4.79 Å². The van der Waals surface area contributed by atoms with Gasteiger partial charge in [-0.15, -0.1) is 0 Å². The topological polar surface area (TPSA) is 68.1 Å². The number of nitrogens with zero attached hydrogens (tertiary/aromatic N) is 1. The Morgan fingerprint density at radius 1 is 1.07 bits per heavy atom. The van der Waals surface area contributed by atoms with E-state index in [0.29, 0.717) is 12.8 Å². The molecule has 27 heavy (non-hydrogen) atoms. The number of hydrogen-bond acceptors (Lipinski definition) is 4. The molecule has 1 atom stereocenters. The maximum atomic E-state index is 10.5. The van der Waals surface area contributed by atoms with Crippen LogP contribution in [-0.4, -0.2) is 30.7 Å². The Morgan fingerprint density at radius 2 is 1.81 bits per heavy atom. The fourth-order valence-corrected chi connectivity index (χ4v) is 2.60. The van der Waals surface area contributed by atoms with Gasteiger partial charge < -0.3 is 14.6 Å². The van der Waals surface area contributed by atoms with Crippen LogP contribution in [0, 0.1) is 0 Å². The number of unbranched alkanes of at least 4 members (excludes halogenated alkanes) is 1. The molecule has 0 fully saturated rings. The van der Waals surface area contributed by atoms with Crippen LogP contribution in [0.3, 0.4) is 0 Å². The van der Waals surface area contributed by atoms with Crippen molar-refractivity contribution >= 4 is 12.4 Å². The molecule has 0 radical (unpaired) electrons. The SMILES string of the molecule is CCCCOc1ccc(C=NC(CCCOC(=O)O)c2ccccc2)cc1. The van der Waals surface area contributed by atoms with Crippen molar-refractivity contribution in [2.45, 2.75) is 38.6 Å². The first-order valence-corrected chi connectivity index (χ1v) is 9.35. The Balaban J connectivity index is 1.97. The van der Waals surface area contributed by atoms with Gasteiger partial charge in [0, 0.05) is 6.21 Å². The van der Waals surface area contributed by atoms with E-state index in [1.807, 2.05) is 60.8 Å². The van der Waals surface area contributed by atoms with E-state index in [4.69, 9.17) is 14.8 Å². The molecule has 0 bridgehead atoms.